The second-order valence-corrected chi connectivity index (χ2v) is 4.37. The zero-order valence-electron chi connectivity index (χ0n) is 9.39. The first-order valence-electron chi connectivity index (χ1n) is 5.05. The predicted molar refractivity (Wildman–Crippen MR) is 66.2 cm³/mol. The molecule has 2 rings (SSSR count). The number of nitro benzene ring substituents is 1. The number of aromatic nitrogens is 2. The van der Waals surface area contributed by atoms with Gasteiger partial charge in [-0.2, -0.15) is 0 Å². The van der Waals surface area contributed by atoms with E-state index in [1.165, 1.54) is 30.6 Å². The van der Waals surface area contributed by atoms with Crippen molar-refractivity contribution in [2.75, 3.05) is 0 Å². The van der Waals surface area contributed by atoms with Crippen LogP contribution >= 0.6 is 11.8 Å². The third kappa shape index (κ3) is 2.86. The molecule has 0 atom stereocenters. The van der Waals surface area contributed by atoms with E-state index in [-0.39, 0.29) is 16.4 Å². The quantitative estimate of drug-likeness (QED) is 0.674. The van der Waals surface area contributed by atoms with Crippen molar-refractivity contribution in [1.29, 1.82) is 0 Å². The number of carboxylic acid groups (broad SMARTS) is 1. The van der Waals surface area contributed by atoms with Crippen molar-refractivity contribution in [3.8, 4) is 0 Å². The van der Waals surface area contributed by atoms with Gasteiger partial charge in [-0.05, 0) is 6.07 Å². The summed E-state index contributed by atoms with van der Waals surface area (Å²) >= 11 is 0.901. The van der Waals surface area contributed by atoms with E-state index in [0.29, 0.717) is 4.90 Å². The Hall–Kier alpha value is -2.48. The lowest BCUT2D eigenvalue weighted by atomic mass is 10.3. The highest BCUT2D eigenvalue weighted by Crippen LogP contribution is 2.34. The van der Waals surface area contributed by atoms with Crippen LogP contribution in [0.4, 0.5) is 5.69 Å². The summed E-state index contributed by atoms with van der Waals surface area (Å²) in [4.78, 5) is 29.2. The normalized spacial score (nSPS) is 10.1. The molecule has 8 heteroatoms. The number of carbonyl (C=O) groups is 1. The van der Waals surface area contributed by atoms with E-state index in [9.17, 15) is 14.9 Å². The summed E-state index contributed by atoms with van der Waals surface area (Å²) in [7, 11) is 0. The van der Waals surface area contributed by atoms with Crippen LogP contribution in [0, 0.1) is 10.1 Å². The highest BCUT2D eigenvalue weighted by molar-refractivity contribution is 7.99. The molecule has 0 aliphatic heterocycles. The van der Waals surface area contributed by atoms with Crippen molar-refractivity contribution in [3.63, 3.8) is 0 Å². The Kier molecular flexibility index (Phi) is 3.71. The monoisotopic (exact) mass is 277 g/mol. The number of hydrogen-bond acceptors (Lipinski definition) is 6. The third-order valence-electron chi connectivity index (χ3n) is 2.14. The minimum absolute atomic E-state index is 0.102. The number of nitrogens with zero attached hydrogens (tertiary/aromatic N) is 3. The smallest absolute Gasteiger partial charge is 0.357 e. The predicted octanol–water partition coefficient (Wildman–Crippen LogP) is 2.23. The van der Waals surface area contributed by atoms with E-state index < -0.39 is 10.9 Å². The van der Waals surface area contributed by atoms with Gasteiger partial charge in [0.15, 0.2) is 5.69 Å². The maximum Gasteiger partial charge on any atom is 0.357 e. The van der Waals surface area contributed by atoms with Crippen molar-refractivity contribution in [1.82, 2.24) is 9.97 Å². The van der Waals surface area contributed by atoms with Crippen molar-refractivity contribution in [2.24, 2.45) is 0 Å². The van der Waals surface area contributed by atoms with Gasteiger partial charge in [-0.3, -0.25) is 10.1 Å². The molecule has 1 aromatic carbocycles. The van der Waals surface area contributed by atoms with Crippen LogP contribution in [0.2, 0.25) is 0 Å². The lowest BCUT2D eigenvalue weighted by Crippen LogP contribution is -2.03. The number of rotatable bonds is 4. The van der Waals surface area contributed by atoms with Crippen LogP contribution in [0.1, 0.15) is 10.5 Å². The lowest BCUT2D eigenvalue weighted by molar-refractivity contribution is -0.387. The van der Waals surface area contributed by atoms with Gasteiger partial charge in [-0.25, -0.2) is 14.8 Å². The summed E-state index contributed by atoms with van der Waals surface area (Å²) in [5.41, 5.74) is -0.333. The molecule has 0 saturated heterocycles. The molecule has 0 saturated carbocycles. The standard InChI is InChI=1S/C11H7N3O4S/c15-11(16)9-10(13-6-5-12-9)19-8-4-2-1-3-7(8)14(17)18/h1-6H,(H,15,16). The molecule has 0 bridgehead atoms. The van der Waals surface area contributed by atoms with Gasteiger partial charge in [0.1, 0.15) is 5.03 Å². The number of para-hydroxylation sites is 1. The molecule has 0 radical (unpaired) electrons. The van der Waals surface area contributed by atoms with E-state index >= 15 is 0 Å². The average Bonchev–Trinajstić information content (AvgIpc) is 2.39. The van der Waals surface area contributed by atoms with Crippen molar-refractivity contribution < 1.29 is 14.8 Å². The molecule has 0 unspecified atom stereocenters. The maximum atomic E-state index is 11.0. The molecule has 96 valence electrons. The molecule has 19 heavy (non-hydrogen) atoms. The molecule has 1 heterocycles. The zero-order valence-corrected chi connectivity index (χ0v) is 10.2. The molecule has 0 spiro atoms. The minimum atomic E-state index is -1.23. The van der Waals surface area contributed by atoms with E-state index in [2.05, 4.69) is 9.97 Å². The van der Waals surface area contributed by atoms with E-state index in [1.54, 1.807) is 6.07 Å². The number of aromatic carboxylic acids is 1. The maximum absolute atomic E-state index is 11.0. The molecule has 0 aliphatic rings. The lowest BCUT2D eigenvalue weighted by Gasteiger charge is -2.03. The molecule has 0 amide bonds. The van der Waals surface area contributed by atoms with Gasteiger partial charge in [-0.1, -0.05) is 23.9 Å². The second kappa shape index (κ2) is 5.44. The van der Waals surface area contributed by atoms with Crippen LogP contribution in [0.5, 0.6) is 0 Å². The van der Waals surface area contributed by atoms with Crippen LogP contribution in [-0.2, 0) is 0 Å². The Morgan fingerprint density at radius 2 is 1.95 bits per heavy atom. The van der Waals surface area contributed by atoms with Crippen LogP contribution in [0.15, 0.2) is 46.6 Å². The molecule has 0 aliphatic carbocycles. The molecule has 0 fully saturated rings. The van der Waals surface area contributed by atoms with E-state index in [4.69, 9.17) is 5.11 Å². The Morgan fingerprint density at radius 3 is 2.63 bits per heavy atom. The molecular formula is C11H7N3O4S. The summed E-state index contributed by atoms with van der Waals surface area (Å²) in [5.74, 6) is -1.23. The fourth-order valence-corrected chi connectivity index (χ4v) is 2.30. The zero-order chi connectivity index (χ0) is 13.8. The molecule has 7 nitrogen and oxygen atoms in total. The van der Waals surface area contributed by atoms with Gasteiger partial charge < -0.3 is 5.11 Å². The van der Waals surface area contributed by atoms with Crippen LogP contribution in [-0.4, -0.2) is 26.0 Å². The van der Waals surface area contributed by atoms with Gasteiger partial charge in [0.05, 0.1) is 9.82 Å². The van der Waals surface area contributed by atoms with E-state index in [0.717, 1.165) is 11.8 Å². The van der Waals surface area contributed by atoms with Crippen LogP contribution in [0.25, 0.3) is 0 Å². The van der Waals surface area contributed by atoms with Gasteiger partial charge >= 0.3 is 5.97 Å². The van der Waals surface area contributed by atoms with Gasteiger partial charge in [-0.15, -0.1) is 0 Å². The van der Waals surface area contributed by atoms with E-state index in [1.807, 2.05) is 0 Å². The fourth-order valence-electron chi connectivity index (χ4n) is 1.35. The first kappa shape index (κ1) is 13.0. The van der Waals surface area contributed by atoms with Crippen molar-refractivity contribution in [3.05, 3.63) is 52.5 Å². The Labute approximate surface area is 111 Å². The van der Waals surface area contributed by atoms with Gasteiger partial charge in [0, 0.05) is 18.5 Å². The molecule has 2 aromatic rings. The van der Waals surface area contributed by atoms with Crippen molar-refractivity contribution >= 4 is 23.4 Å². The van der Waals surface area contributed by atoms with Crippen LogP contribution < -0.4 is 0 Å². The summed E-state index contributed by atoms with van der Waals surface area (Å²) in [6.07, 6.45) is 2.59. The summed E-state index contributed by atoms with van der Waals surface area (Å²) in [6.45, 7) is 0. The number of carboxylic acids is 1. The second-order valence-electron chi connectivity index (χ2n) is 3.34. The molecular weight excluding hydrogens is 270 g/mol. The van der Waals surface area contributed by atoms with Crippen molar-refractivity contribution in [2.45, 2.75) is 9.92 Å². The highest BCUT2D eigenvalue weighted by Gasteiger charge is 2.19. The Morgan fingerprint density at radius 1 is 1.26 bits per heavy atom. The average molecular weight is 277 g/mol. The fraction of sp³-hybridized carbons (Fsp3) is 0. The summed E-state index contributed by atoms with van der Waals surface area (Å²) in [6, 6.07) is 6.05. The number of nitro groups is 1. The highest BCUT2D eigenvalue weighted by atomic mass is 32.2. The largest absolute Gasteiger partial charge is 0.476 e. The summed E-state index contributed by atoms with van der Waals surface area (Å²) < 4.78 is 0. The number of hydrogen-bond donors (Lipinski definition) is 1. The molecule has 1 aromatic heterocycles. The molecule has 1 N–H and O–H groups in total. The SMILES string of the molecule is O=C(O)c1nccnc1Sc1ccccc1[N+](=O)[O-]. The topological polar surface area (TPSA) is 106 Å². The Balaban J connectivity index is 2.42. The Bertz CT molecular complexity index is 592. The summed E-state index contributed by atoms with van der Waals surface area (Å²) in [5, 5.41) is 20.0. The first-order chi connectivity index (χ1) is 9.09. The number of benzene rings is 1. The third-order valence-corrected chi connectivity index (χ3v) is 3.19. The van der Waals surface area contributed by atoms with Crippen LogP contribution in [0.3, 0.4) is 0 Å². The van der Waals surface area contributed by atoms with Gasteiger partial charge in [0.25, 0.3) is 5.69 Å². The first-order valence-corrected chi connectivity index (χ1v) is 5.87. The minimum Gasteiger partial charge on any atom is -0.476 e. The van der Waals surface area contributed by atoms with Gasteiger partial charge in [0.2, 0.25) is 0 Å².